The molecule has 5 heteroatoms. The zero-order chi connectivity index (χ0) is 16.1. The van der Waals surface area contributed by atoms with Gasteiger partial charge in [-0.1, -0.05) is 0 Å². The number of allylic oxidation sites excluding steroid dienone is 4. The molecule has 4 rings (SSSR count). The molecule has 2 N–H and O–H groups in total. The molecule has 0 aromatic heterocycles. The van der Waals surface area contributed by atoms with E-state index in [0.29, 0.717) is 11.8 Å². The van der Waals surface area contributed by atoms with Gasteiger partial charge in [0.15, 0.2) is 0 Å². The van der Waals surface area contributed by atoms with E-state index in [1.54, 1.807) is 0 Å². The lowest BCUT2D eigenvalue weighted by atomic mass is 9.96. The summed E-state index contributed by atoms with van der Waals surface area (Å²) >= 11 is 3.58. The molecule has 4 nitrogen and oxygen atoms in total. The van der Waals surface area contributed by atoms with Gasteiger partial charge < -0.3 is 20.2 Å². The third kappa shape index (κ3) is 2.89. The third-order valence-electron chi connectivity index (χ3n) is 5.53. The molecule has 3 aliphatic carbocycles. The normalized spacial score (nSPS) is 38.3. The zero-order valence-electron chi connectivity index (χ0n) is 13.5. The van der Waals surface area contributed by atoms with Crippen LogP contribution >= 0.6 is 15.9 Å². The number of rotatable bonds is 4. The van der Waals surface area contributed by atoms with Crippen LogP contribution in [0.4, 0.5) is 0 Å². The van der Waals surface area contributed by atoms with Crippen molar-refractivity contribution in [3.63, 3.8) is 0 Å². The second-order valence-electron chi connectivity index (χ2n) is 7.53. The average molecular weight is 379 g/mol. The maximum atomic E-state index is 8.27. The van der Waals surface area contributed by atoms with Crippen molar-refractivity contribution >= 4 is 21.6 Å². The Morgan fingerprint density at radius 1 is 1.39 bits per heavy atom. The summed E-state index contributed by atoms with van der Waals surface area (Å²) in [6.07, 6.45) is 12.9. The smallest absolute Gasteiger partial charge is 0.136 e. The third-order valence-corrected chi connectivity index (χ3v) is 6.15. The Morgan fingerprint density at radius 3 is 2.78 bits per heavy atom. The minimum Gasteiger partial charge on any atom is -0.489 e. The topological polar surface area (TPSA) is 54.3 Å². The van der Waals surface area contributed by atoms with Crippen LogP contribution in [0.25, 0.3) is 0 Å². The minimum atomic E-state index is 0.0473. The highest BCUT2D eigenvalue weighted by atomic mass is 79.9. The Kier molecular flexibility index (Phi) is 3.69. The first-order valence-electron chi connectivity index (χ1n) is 8.44. The van der Waals surface area contributed by atoms with Crippen LogP contribution in [0.5, 0.6) is 0 Å². The lowest BCUT2D eigenvalue weighted by molar-refractivity contribution is -0.00738. The van der Waals surface area contributed by atoms with Gasteiger partial charge in [0.1, 0.15) is 5.76 Å². The van der Waals surface area contributed by atoms with Gasteiger partial charge in [-0.25, -0.2) is 0 Å². The summed E-state index contributed by atoms with van der Waals surface area (Å²) in [7, 11) is 0. The molecule has 0 spiro atoms. The van der Waals surface area contributed by atoms with Gasteiger partial charge in [-0.05, 0) is 61.0 Å². The number of halogens is 1. The van der Waals surface area contributed by atoms with E-state index in [-0.39, 0.29) is 11.1 Å². The molecule has 1 aliphatic heterocycles. The number of fused-ring (bicyclic) bond motifs is 2. The SMILES string of the molecule is CC12CCC(N/C=C3/C=C(Br)C(OC4CCC4)=CC3=N)(CO1)C2. The van der Waals surface area contributed by atoms with Crippen LogP contribution < -0.4 is 5.32 Å². The quantitative estimate of drug-likeness (QED) is 0.778. The largest absolute Gasteiger partial charge is 0.489 e. The van der Waals surface area contributed by atoms with Gasteiger partial charge in [0.2, 0.25) is 0 Å². The molecule has 2 bridgehead atoms. The van der Waals surface area contributed by atoms with Gasteiger partial charge in [-0.15, -0.1) is 0 Å². The molecule has 4 aliphatic rings. The van der Waals surface area contributed by atoms with Gasteiger partial charge in [-0.2, -0.15) is 0 Å². The van der Waals surface area contributed by atoms with E-state index in [4.69, 9.17) is 14.9 Å². The fraction of sp³-hybridized carbons (Fsp3) is 0.611. The summed E-state index contributed by atoms with van der Waals surface area (Å²) in [6, 6.07) is 0. The van der Waals surface area contributed by atoms with Crippen molar-refractivity contribution in [3.8, 4) is 0 Å². The molecule has 1 heterocycles. The fourth-order valence-electron chi connectivity index (χ4n) is 3.80. The molecule has 0 amide bonds. The summed E-state index contributed by atoms with van der Waals surface area (Å²) in [5.41, 5.74) is 1.47. The van der Waals surface area contributed by atoms with Gasteiger partial charge in [0.05, 0.1) is 34.0 Å². The minimum absolute atomic E-state index is 0.0473. The molecule has 0 radical (unpaired) electrons. The summed E-state index contributed by atoms with van der Waals surface area (Å²) in [5, 5.41) is 11.8. The van der Waals surface area contributed by atoms with Crippen LogP contribution in [-0.4, -0.2) is 29.6 Å². The molecule has 23 heavy (non-hydrogen) atoms. The molecule has 0 aromatic carbocycles. The number of hydrogen-bond acceptors (Lipinski definition) is 4. The van der Waals surface area contributed by atoms with Gasteiger partial charge >= 0.3 is 0 Å². The zero-order valence-corrected chi connectivity index (χ0v) is 15.0. The number of ether oxygens (including phenoxy) is 2. The Hall–Kier alpha value is -1.07. The Bertz CT molecular complexity index is 623. The maximum absolute atomic E-state index is 8.27. The predicted octanol–water partition coefficient (Wildman–Crippen LogP) is 3.94. The van der Waals surface area contributed by atoms with Crippen LogP contribution in [0.3, 0.4) is 0 Å². The fourth-order valence-corrected chi connectivity index (χ4v) is 4.25. The Labute approximate surface area is 145 Å². The molecule has 0 aromatic rings. The summed E-state index contributed by atoms with van der Waals surface area (Å²) < 4.78 is 12.8. The van der Waals surface area contributed by atoms with E-state index in [0.717, 1.165) is 54.5 Å². The molecule has 2 saturated carbocycles. The highest BCUT2D eigenvalue weighted by molar-refractivity contribution is 9.12. The first kappa shape index (κ1) is 15.5. The van der Waals surface area contributed by atoms with E-state index in [9.17, 15) is 0 Å². The van der Waals surface area contributed by atoms with Crippen molar-refractivity contribution in [1.82, 2.24) is 5.32 Å². The average Bonchev–Trinajstić information content (AvgIpc) is 2.98. The van der Waals surface area contributed by atoms with Gasteiger partial charge in [-0.3, -0.25) is 0 Å². The van der Waals surface area contributed by atoms with Crippen molar-refractivity contribution < 1.29 is 9.47 Å². The standard InChI is InChI=1S/C18H23BrN2O2/c1-17-5-6-18(10-17,11-22-17)21-9-12-7-14(19)16(8-15(12)20)23-13-3-2-4-13/h7-9,13,20-21H,2-6,10-11H2,1H3/b12-9-,20-15?. The Balaban J connectivity index is 1.45. The van der Waals surface area contributed by atoms with Crippen LogP contribution in [0.2, 0.25) is 0 Å². The molecule has 1 saturated heterocycles. The maximum Gasteiger partial charge on any atom is 0.136 e. The second-order valence-corrected chi connectivity index (χ2v) is 8.38. The highest BCUT2D eigenvalue weighted by Crippen LogP contribution is 2.46. The van der Waals surface area contributed by atoms with Crippen molar-refractivity contribution in [2.45, 2.75) is 62.7 Å². The summed E-state index contributed by atoms with van der Waals surface area (Å²) in [6.45, 7) is 2.96. The molecule has 2 unspecified atom stereocenters. The molecular formula is C18H23BrN2O2. The summed E-state index contributed by atoms with van der Waals surface area (Å²) in [4.78, 5) is 0. The first-order chi connectivity index (χ1) is 11.0. The van der Waals surface area contributed by atoms with Crippen LogP contribution in [-0.2, 0) is 9.47 Å². The van der Waals surface area contributed by atoms with Gasteiger partial charge in [0, 0.05) is 24.3 Å². The predicted molar refractivity (Wildman–Crippen MR) is 93.7 cm³/mol. The molecular weight excluding hydrogens is 356 g/mol. The number of nitrogens with one attached hydrogen (secondary N) is 2. The lowest BCUT2D eigenvalue weighted by Crippen LogP contribution is -2.41. The van der Waals surface area contributed by atoms with Crippen LogP contribution in [0.1, 0.15) is 45.4 Å². The van der Waals surface area contributed by atoms with Crippen LogP contribution in [0.15, 0.2) is 34.2 Å². The van der Waals surface area contributed by atoms with Crippen molar-refractivity contribution in [2.75, 3.05) is 6.61 Å². The van der Waals surface area contributed by atoms with E-state index >= 15 is 0 Å². The van der Waals surface area contributed by atoms with E-state index < -0.39 is 0 Å². The van der Waals surface area contributed by atoms with Crippen molar-refractivity contribution in [1.29, 1.82) is 5.41 Å². The monoisotopic (exact) mass is 378 g/mol. The van der Waals surface area contributed by atoms with E-state index in [1.807, 2.05) is 18.4 Å². The Morgan fingerprint density at radius 2 is 2.22 bits per heavy atom. The number of hydrogen-bond donors (Lipinski definition) is 2. The lowest BCUT2D eigenvalue weighted by Gasteiger charge is -2.29. The van der Waals surface area contributed by atoms with Crippen LogP contribution in [0, 0.1) is 5.41 Å². The molecule has 124 valence electrons. The summed E-state index contributed by atoms with van der Waals surface area (Å²) in [5.74, 6) is 0.785. The van der Waals surface area contributed by atoms with E-state index in [1.165, 1.54) is 6.42 Å². The van der Waals surface area contributed by atoms with Gasteiger partial charge in [0.25, 0.3) is 0 Å². The molecule has 2 atom stereocenters. The highest BCUT2D eigenvalue weighted by Gasteiger charge is 2.52. The van der Waals surface area contributed by atoms with E-state index in [2.05, 4.69) is 28.2 Å². The van der Waals surface area contributed by atoms with Crippen molar-refractivity contribution in [3.05, 3.63) is 34.2 Å². The second kappa shape index (κ2) is 5.49. The van der Waals surface area contributed by atoms with Crippen molar-refractivity contribution in [2.24, 2.45) is 0 Å². The first-order valence-corrected chi connectivity index (χ1v) is 9.23. The molecule has 3 fully saturated rings.